The van der Waals surface area contributed by atoms with E-state index in [1.807, 2.05) is 6.08 Å². The highest BCUT2D eigenvalue weighted by atomic mass is 16.1. The molecule has 4 aliphatic rings. The van der Waals surface area contributed by atoms with Crippen LogP contribution in [-0.4, -0.2) is 5.78 Å². The molecule has 3 fully saturated rings. The molecule has 1 heteroatoms. The number of rotatable bonds is 4. The van der Waals surface area contributed by atoms with Gasteiger partial charge in [0.2, 0.25) is 0 Å². The Kier molecular flexibility index (Phi) is 5.43. The summed E-state index contributed by atoms with van der Waals surface area (Å²) in [7, 11) is 0. The average molecular weight is 383 g/mol. The molecule has 0 N–H and O–H groups in total. The Morgan fingerprint density at radius 3 is 2.57 bits per heavy atom. The van der Waals surface area contributed by atoms with Gasteiger partial charge in [0.25, 0.3) is 0 Å². The van der Waals surface area contributed by atoms with Crippen LogP contribution >= 0.6 is 0 Å². The maximum absolute atomic E-state index is 12.0. The second kappa shape index (κ2) is 7.44. The lowest BCUT2D eigenvalue weighted by Gasteiger charge is -2.58. The standard InChI is InChI=1S/C27H42O/c1-18(2)7-6-8-19(3)23-11-12-24-22-10-9-20-17-21(28)13-15-26(20,4)25(22)14-16-27(23,24)5/h6,8,17-19,22-25H,7,9-16H2,1-5H3/t19-,22+,23-,24+,25+,26+,27-/m1/s1. The summed E-state index contributed by atoms with van der Waals surface area (Å²) >= 11 is 0. The molecule has 0 bridgehead atoms. The molecular weight excluding hydrogens is 340 g/mol. The number of hydrogen-bond acceptors (Lipinski definition) is 1. The van der Waals surface area contributed by atoms with Gasteiger partial charge in [0.15, 0.2) is 5.78 Å². The summed E-state index contributed by atoms with van der Waals surface area (Å²) in [6.45, 7) is 12.3. The zero-order valence-electron chi connectivity index (χ0n) is 19.0. The minimum absolute atomic E-state index is 0.318. The molecule has 28 heavy (non-hydrogen) atoms. The molecule has 1 nitrogen and oxygen atoms in total. The molecular formula is C27H42O. The van der Waals surface area contributed by atoms with Gasteiger partial charge in [0.1, 0.15) is 0 Å². The summed E-state index contributed by atoms with van der Waals surface area (Å²) in [6.07, 6.45) is 18.3. The van der Waals surface area contributed by atoms with E-state index >= 15 is 0 Å². The monoisotopic (exact) mass is 382 g/mol. The van der Waals surface area contributed by atoms with Gasteiger partial charge in [-0.2, -0.15) is 0 Å². The van der Waals surface area contributed by atoms with Crippen LogP contribution in [0.1, 0.15) is 92.4 Å². The summed E-state index contributed by atoms with van der Waals surface area (Å²) in [4.78, 5) is 12.0. The molecule has 0 unspecified atom stereocenters. The number of ketones is 1. The third kappa shape index (κ3) is 3.25. The third-order valence-corrected chi connectivity index (χ3v) is 9.72. The van der Waals surface area contributed by atoms with Crippen LogP contribution in [0.4, 0.5) is 0 Å². The summed E-state index contributed by atoms with van der Waals surface area (Å²) in [5.74, 6) is 5.35. The highest BCUT2D eigenvalue weighted by molar-refractivity contribution is 5.91. The Bertz CT molecular complexity index is 670. The van der Waals surface area contributed by atoms with Crippen molar-refractivity contribution in [3.05, 3.63) is 23.8 Å². The number of carbonyl (C=O) groups excluding carboxylic acids is 1. The maximum Gasteiger partial charge on any atom is 0.155 e. The van der Waals surface area contributed by atoms with E-state index in [1.165, 1.54) is 50.5 Å². The zero-order chi connectivity index (χ0) is 20.1. The highest BCUT2D eigenvalue weighted by Gasteiger charge is 2.59. The van der Waals surface area contributed by atoms with Crippen LogP contribution in [0, 0.1) is 46.3 Å². The van der Waals surface area contributed by atoms with Crippen molar-refractivity contribution in [3.8, 4) is 0 Å². The van der Waals surface area contributed by atoms with Crippen LogP contribution in [0.25, 0.3) is 0 Å². The van der Waals surface area contributed by atoms with E-state index in [0.29, 0.717) is 22.5 Å². The molecule has 4 aliphatic carbocycles. The zero-order valence-corrected chi connectivity index (χ0v) is 19.0. The summed E-state index contributed by atoms with van der Waals surface area (Å²) in [5.41, 5.74) is 2.36. The van der Waals surface area contributed by atoms with Gasteiger partial charge >= 0.3 is 0 Å². The lowest BCUT2D eigenvalue weighted by Crippen LogP contribution is -2.50. The van der Waals surface area contributed by atoms with E-state index in [9.17, 15) is 4.79 Å². The Labute approximate surface area is 173 Å². The number of fused-ring (bicyclic) bond motifs is 5. The van der Waals surface area contributed by atoms with Crippen LogP contribution in [-0.2, 0) is 4.79 Å². The van der Waals surface area contributed by atoms with Crippen molar-refractivity contribution in [1.82, 2.24) is 0 Å². The van der Waals surface area contributed by atoms with Crippen molar-refractivity contribution in [1.29, 1.82) is 0 Å². The van der Waals surface area contributed by atoms with Gasteiger partial charge in [-0.15, -0.1) is 0 Å². The predicted octanol–water partition coefficient (Wildman–Crippen LogP) is 7.37. The lowest BCUT2D eigenvalue weighted by atomic mass is 9.46. The molecule has 0 radical (unpaired) electrons. The van der Waals surface area contributed by atoms with E-state index in [0.717, 1.165) is 42.4 Å². The van der Waals surface area contributed by atoms with Crippen LogP contribution in [0.5, 0.6) is 0 Å². The smallest absolute Gasteiger partial charge is 0.155 e. The third-order valence-electron chi connectivity index (χ3n) is 9.72. The van der Waals surface area contributed by atoms with Crippen molar-refractivity contribution in [2.45, 2.75) is 92.4 Å². The second-order valence-corrected chi connectivity index (χ2v) is 11.6. The van der Waals surface area contributed by atoms with Gasteiger partial charge in [0, 0.05) is 6.42 Å². The molecule has 4 rings (SSSR count). The summed E-state index contributed by atoms with van der Waals surface area (Å²) in [5, 5.41) is 0. The van der Waals surface area contributed by atoms with E-state index in [4.69, 9.17) is 0 Å². The highest BCUT2D eigenvalue weighted by Crippen LogP contribution is 2.67. The van der Waals surface area contributed by atoms with Gasteiger partial charge in [-0.25, -0.2) is 0 Å². The van der Waals surface area contributed by atoms with E-state index in [-0.39, 0.29) is 0 Å². The van der Waals surface area contributed by atoms with Gasteiger partial charge in [-0.05, 0) is 104 Å². The SMILES string of the molecule is CC(C)CC=C[C@@H](C)[C@H]1CC[C@H]2[C@@H]3CCC4=CC(=O)CC[C@]4(C)[C@H]3CC[C@]12C. The molecule has 3 saturated carbocycles. The Morgan fingerprint density at radius 1 is 1.04 bits per heavy atom. The van der Waals surface area contributed by atoms with Crippen molar-refractivity contribution in [2.75, 3.05) is 0 Å². The fourth-order valence-electron chi connectivity index (χ4n) is 8.16. The minimum atomic E-state index is 0.318. The van der Waals surface area contributed by atoms with Crippen molar-refractivity contribution in [3.63, 3.8) is 0 Å². The molecule has 0 aromatic carbocycles. The lowest BCUT2D eigenvalue weighted by molar-refractivity contribution is -0.117. The maximum atomic E-state index is 12.0. The fraction of sp³-hybridized carbons (Fsp3) is 0.815. The first-order chi connectivity index (χ1) is 13.3. The Hall–Kier alpha value is -0.850. The minimum Gasteiger partial charge on any atom is -0.295 e. The van der Waals surface area contributed by atoms with E-state index in [2.05, 4.69) is 46.8 Å². The first kappa shape index (κ1) is 20.4. The molecule has 0 aliphatic heterocycles. The molecule has 0 aromatic rings. The molecule has 0 spiro atoms. The topological polar surface area (TPSA) is 17.1 Å². The first-order valence-corrected chi connectivity index (χ1v) is 12.2. The van der Waals surface area contributed by atoms with Crippen molar-refractivity contribution >= 4 is 5.78 Å². The fourth-order valence-corrected chi connectivity index (χ4v) is 8.16. The van der Waals surface area contributed by atoms with Gasteiger partial charge < -0.3 is 0 Å². The van der Waals surface area contributed by atoms with Crippen LogP contribution in [0.3, 0.4) is 0 Å². The molecule has 0 heterocycles. The molecule has 0 saturated heterocycles. The number of carbonyl (C=O) groups is 1. The van der Waals surface area contributed by atoms with Gasteiger partial charge in [-0.3, -0.25) is 4.79 Å². The van der Waals surface area contributed by atoms with Gasteiger partial charge in [0.05, 0.1) is 0 Å². The van der Waals surface area contributed by atoms with Crippen LogP contribution in [0.15, 0.2) is 23.8 Å². The quantitative estimate of drug-likeness (QED) is 0.464. The van der Waals surface area contributed by atoms with Crippen LogP contribution in [0.2, 0.25) is 0 Å². The normalized spacial score (nSPS) is 44.2. The summed E-state index contributed by atoms with van der Waals surface area (Å²) < 4.78 is 0. The molecule has 0 aromatic heterocycles. The average Bonchev–Trinajstić information content (AvgIpc) is 2.99. The first-order valence-electron chi connectivity index (χ1n) is 12.2. The van der Waals surface area contributed by atoms with E-state index in [1.54, 1.807) is 0 Å². The van der Waals surface area contributed by atoms with Crippen molar-refractivity contribution < 1.29 is 4.79 Å². The molecule has 7 atom stereocenters. The number of allylic oxidation sites excluding steroid dienone is 3. The predicted molar refractivity (Wildman–Crippen MR) is 118 cm³/mol. The van der Waals surface area contributed by atoms with E-state index < -0.39 is 0 Å². The molecule has 0 amide bonds. The van der Waals surface area contributed by atoms with Crippen LogP contribution < -0.4 is 0 Å². The summed E-state index contributed by atoms with van der Waals surface area (Å²) in [6, 6.07) is 0. The second-order valence-electron chi connectivity index (χ2n) is 11.6. The molecule has 156 valence electrons. The Morgan fingerprint density at radius 2 is 1.82 bits per heavy atom. The number of hydrogen-bond donors (Lipinski definition) is 0. The van der Waals surface area contributed by atoms with Crippen molar-refractivity contribution in [2.24, 2.45) is 46.3 Å². The largest absolute Gasteiger partial charge is 0.295 e. The Balaban J connectivity index is 1.53. The van der Waals surface area contributed by atoms with Gasteiger partial charge in [-0.1, -0.05) is 52.3 Å².